The SMILES string of the molecule is Cc1cc(NC2CSCc3ccccc32)nn1C. The Labute approximate surface area is 112 Å². The number of aryl methyl sites for hydroxylation is 2. The van der Waals surface area contributed by atoms with E-state index in [4.69, 9.17) is 0 Å². The second-order valence-corrected chi connectivity index (χ2v) is 5.74. The van der Waals surface area contributed by atoms with Gasteiger partial charge < -0.3 is 5.32 Å². The van der Waals surface area contributed by atoms with Crippen LogP contribution >= 0.6 is 11.8 Å². The third kappa shape index (κ3) is 2.12. The van der Waals surface area contributed by atoms with E-state index in [-0.39, 0.29) is 0 Å². The van der Waals surface area contributed by atoms with Gasteiger partial charge in [-0.1, -0.05) is 24.3 Å². The summed E-state index contributed by atoms with van der Waals surface area (Å²) in [5, 5.41) is 8.02. The van der Waals surface area contributed by atoms with Gasteiger partial charge in [0.15, 0.2) is 0 Å². The number of anilines is 1. The van der Waals surface area contributed by atoms with Crippen molar-refractivity contribution >= 4 is 17.6 Å². The molecule has 0 fully saturated rings. The van der Waals surface area contributed by atoms with E-state index in [0.717, 1.165) is 17.3 Å². The molecule has 0 amide bonds. The number of benzene rings is 1. The van der Waals surface area contributed by atoms with Crippen molar-refractivity contribution in [3.8, 4) is 0 Å². The van der Waals surface area contributed by atoms with E-state index in [9.17, 15) is 0 Å². The van der Waals surface area contributed by atoms with Crippen molar-refractivity contribution in [1.82, 2.24) is 9.78 Å². The zero-order chi connectivity index (χ0) is 12.5. The van der Waals surface area contributed by atoms with Crippen LogP contribution in [0.15, 0.2) is 30.3 Å². The van der Waals surface area contributed by atoms with Gasteiger partial charge in [-0.15, -0.1) is 0 Å². The van der Waals surface area contributed by atoms with Crippen molar-refractivity contribution in [2.75, 3.05) is 11.1 Å². The third-order valence-corrected chi connectivity index (χ3v) is 4.49. The lowest BCUT2D eigenvalue weighted by Crippen LogP contribution is -2.19. The number of rotatable bonds is 2. The second kappa shape index (κ2) is 4.69. The summed E-state index contributed by atoms with van der Waals surface area (Å²) in [6.45, 7) is 2.07. The molecule has 0 bridgehead atoms. The summed E-state index contributed by atoms with van der Waals surface area (Å²) in [5.41, 5.74) is 4.03. The van der Waals surface area contributed by atoms with Gasteiger partial charge in [0.05, 0.1) is 6.04 Å². The molecule has 4 heteroatoms. The number of hydrogen-bond acceptors (Lipinski definition) is 3. The van der Waals surface area contributed by atoms with Gasteiger partial charge in [0, 0.05) is 30.3 Å². The Kier molecular flexibility index (Phi) is 3.04. The predicted molar refractivity (Wildman–Crippen MR) is 76.9 cm³/mol. The molecule has 2 aromatic rings. The van der Waals surface area contributed by atoms with Crippen molar-refractivity contribution in [2.24, 2.45) is 7.05 Å². The van der Waals surface area contributed by atoms with Gasteiger partial charge in [0.2, 0.25) is 0 Å². The molecule has 1 N–H and O–H groups in total. The van der Waals surface area contributed by atoms with Crippen LogP contribution in [0.1, 0.15) is 22.9 Å². The molecule has 1 aromatic heterocycles. The number of aromatic nitrogens is 2. The van der Waals surface area contributed by atoms with Crippen molar-refractivity contribution in [3.63, 3.8) is 0 Å². The maximum atomic E-state index is 4.47. The number of nitrogens with zero attached hydrogens (tertiary/aromatic N) is 2. The fourth-order valence-electron chi connectivity index (χ4n) is 2.31. The van der Waals surface area contributed by atoms with Crippen molar-refractivity contribution in [1.29, 1.82) is 0 Å². The lowest BCUT2D eigenvalue weighted by Gasteiger charge is -2.25. The fraction of sp³-hybridized carbons (Fsp3) is 0.357. The Morgan fingerprint density at radius 2 is 2.22 bits per heavy atom. The van der Waals surface area contributed by atoms with Crippen LogP contribution in [0.2, 0.25) is 0 Å². The van der Waals surface area contributed by atoms with Gasteiger partial charge in [0.25, 0.3) is 0 Å². The minimum absolute atomic E-state index is 0.370. The lowest BCUT2D eigenvalue weighted by molar-refractivity contribution is 0.735. The fourth-order valence-corrected chi connectivity index (χ4v) is 3.41. The maximum absolute atomic E-state index is 4.47. The molecule has 1 aliphatic heterocycles. The topological polar surface area (TPSA) is 29.9 Å². The van der Waals surface area contributed by atoms with E-state index in [1.165, 1.54) is 16.8 Å². The molecule has 0 saturated carbocycles. The summed E-state index contributed by atoms with van der Waals surface area (Å²) in [6, 6.07) is 11.2. The standard InChI is InChI=1S/C14H17N3S/c1-10-7-14(16-17(10)2)15-13-9-18-8-11-5-3-4-6-12(11)13/h3-7,13H,8-9H2,1-2H3,(H,15,16). The van der Waals surface area contributed by atoms with Crippen LogP contribution < -0.4 is 5.32 Å². The van der Waals surface area contributed by atoms with Crippen molar-refractivity contribution < 1.29 is 0 Å². The van der Waals surface area contributed by atoms with E-state index < -0.39 is 0 Å². The van der Waals surface area contributed by atoms with Gasteiger partial charge >= 0.3 is 0 Å². The number of fused-ring (bicyclic) bond motifs is 1. The Bertz CT molecular complexity index is 542. The van der Waals surface area contributed by atoms with Crippen LogP contribution in [0.3, 0.4) is 0 Å². The number of nitrogens with one attached hydrogen (secondary N) is 1. The van der Waals surface area contributed by atoms with Gasteiger partial charge in [-0.2, -0.15) is 16.9 Å². The lowest BCUT2D eigenvalue weighted by atomic mass is 10.0. The molecule has 18 heavy (non-hydrogen) atoms. The zero-order valence-corrected chi connectivity index (χ0v) is 11.5. The summed E-state index contributed by atoms with van der Waals surface area (Å²) in [6.07, 6.45) is 0. The quantitative estimate of drug-likeness (QED) is 0.898. The number of hydrogen-bond donors (Lipinski definition) is 1. The van der Waals surface area contributed by atoms with Crippen LogP contribution in [0.5, 0.6) is 0 Å². The Morgan fingerprint density at radius 3 is 3.00 bits per heavy atom. The molecule has 94 valence electrons. The van der Waals surface area contributed by atoms with Crippen molar-refractivity contribution in [2.45, 2.75) is 18.7 Å². The first-order chi connectivity index (χ1) is 8.74. The molecular formula is C14H17N3S. The smallest absolute Gasteiger partial charge is 0.148 e. The Morgan fingerprint density at radius 1 is 1.39 bits per heavy atom. The normalized spacial score (nSPS) is 18.4. The summed E-state index contributed by atoms with van der Waals surface area (Å²) >= 11 is 1.98. The summed E-state index contributed by atoms with van der Waals surface area (Å²) in [7, 11) is 1.98. The van der Waals surface area contributed by atoms with Gasteiger partial charge in [-0.05, 0) is 18.1 Å². The third-order valence-electron chi connectivity index (χ3n) is 3.41. The van der Waals surface area contributed by atoms with Gasteiger partial charge in [-0.25, -0.2) is 0 Å². The Hall–Kier alpha value is -1.42. The van der Waals surface area contributed by atoms with E-state index in [1.807, 2.05) is 23.5 Å². The van der Waals surface area contributed by atoms with Crippen LogP contribution in [0.25, 0.3) is 0 Å². The number of thioether (sulfide) groups is 1. The van der Waals surface area contributed by atoms with Crippen molar-refractivity contribution in [3.05, 3.63) is 47.2 Å². The average Bonchev–Trinajstić information content (AvgIpc) is 2.69. The first-order valence-corrected chi connectivity index (χ1v) is 7.32. The highest BCUT2D eigenvalue weighted by atomic mass is 32.2. The summed E-state index contributed by atoms with van der Waals surface area (Å²) in [5.74, 6) is 3.19. The highest BCUT2D eigenvalue weighted by molar-refractivity contribution is 7.98. The van der Waals surface area contributed by atoms with E-state index in [2.05, 4.69) is 47.7 Å². The monoisotopic (exact) mass is 259 g/mol. The van der Waals surface area contributed by atoms with Crippen LogP contribution in [-0.4, -0.2) is 15.5 Å². The van der Waals surface area contributed by atoms with Gasteiger partial charge in [0.1, 0.15) is 5.82 Å². The molecule has 3 rings (SSSR count). The molecule has 0 aliphatic carbocycles. The second-order valence-electron chi connectivity index (χ2n) is 4.71. The van der Waals surface area contributed by atoms with Gasteiger partial charge in [-0.3, -0.25) is 4.68 Å². The average molecular weight is 259 g/mol. The van der Waals surface area contributed by atoms with E-state index >= 15 is 0 Å². The van der Waals surface area contributed by atoms with Crippen LogP contribution in [0, 0.1) is 6.92 Å². The molecule has 1 aliphatic rings. The first-order valence-electron chi connectivity index (χ1n) is 6.17. The van der Waals surface area contributed by atoms with Crippen LogP contribution in [0.4, 0.5) is 5.82 Å². The largest absolute Gasteiger partial charge is 0.361 e. The highest BCUT2D eigenvalue weighted by Gasteiger charge is 2.20. The molecule has 1 atom stereocenters. The van der Waals surface area contributed by atoms with E-state index in [0.29, 0.717) is 6.04 Å². The molecule has 0 saturated heterocycles. The molecule has 0 spiro atoms. The Balaban J connectivity index is 1.86. The molecule has 1 aromatic carbocycles. The maximum Gasteiger partial charge on any atom is 0.148 e. The molecule has 2 heterocycles. The van der Waals surface area contributed by atoms with Crippen LogP contribution in [-0.2, 0) is 12.8 Å². The summed E-state index contributed by atoms with van der Waals surface area (Å²) in [4.78, 5) is 0. The highest BCUT2D eigenvalue weighted by Crippen LogP contribution is 2.33. The minimum Gasteiger partial charge on any atom is -0.361 e. The first kappa shape index (κ1) is 11.7. The van der Waals surface area contributed by atoms with E-state index in [1.54, 1.807) is 0 Å². The zero-order valence-electron chi connectivity index (χ0n) is 10.7. The summed E-state index contributed by atoms with van der Waals surface area (Å²) < 4.78 is 1.91. The molecule has 1 unspecified atom stereocenters. The molecular weight excluding hydrogens is 242 g/mol. The minimum atomic E-state index is 0.370. The predicted octanol–water partition coefficient (Wildman–Crippen LogP) is 3.13. The molecule has 3 nitrogen and oxygen atoms in total. The molecule has 0 radical (unpaired) electrons.